The number of ketones is 2. The molecule has 0 unspecified atom stereocenters. The number of hydrogen-bond acceptors (Lipinski definition) is 16. The number of nitrogens with zero attached hydrogens (tertiary/aromatic N) is 12. The molecule has 34 heteroatoms. The molecule has 0 radical (unpaired) electrons. The Hall–Kier alpha value is -12.8. The van der Waals surface area contributed by atoms with Gasteiger partial charge in [-0.2, -0.15) is 46.7 Å². The number of aliphatic carboxylic acids is 2. The van der Waals surface area contributed by atoms with Gasteiger partial charge in [0.25, 0.3) is 11.1 Å². The van der Waals surface area contributed by atoms with E-state index in [0.29, 0.717) is 123 Å². The maximum atomic E-state index is 13.7. The largest absolute Gasteiger partial charge is 0.481 e. The van der Waals surface area contributed by atoms with Crippen LogP contribution >= 0.6 is 0 Å². The summed E-state index contributed by atoms with van der Waals surface area (Å²) < 4.78 is 86.5. The summed E-state index contributed by atoms with van der Waals surface area (Å²) in [5.74, 6) is -3.24. The molecule has 6 aromatic heterocycles. The molecule has 119 heavy (non-hydrogen) atoms. The zero-order chi connectivity index (χ0) is 85.1. The third-order valence-corrected chi connectivity index (χ3v) is 19.1. The molecule has 0 fully saturated rings. The van der Waals surface area contributed by atoms with Crippen molar-refractivity contribution in [1.29, 1.82) is 0 Å². The summed E-state index contributed by atoms with van der Waals surface area (Å²) in [4.78, 5) is 133. The van der Waals surface area contributed by atoms with Gasteiger partial charge in [0.15, 0.2) is 5.78 Å². The highest BCUT2D eigenvalue weighted by Crippen LogP contribution is 2.34. The van der Waals surface area contributed by atoms with Gasteiger partial charge in [-0.3, -0.25) is 57.7 Å². The Morgan fingerprint density at radius 3 is 1.45 bits per heavy atom. The summed E-state index contributed by atoms with van der Waals surface area (Å²) in [7, 11) is 0. The number of carbonyl (C=O) groups is 8. The number of fused-ring (bicyclic) bond motifs is 4. The number of Topliss-reactive ketones (excluding diaryl/α,β-unsaturated/α-hetero) is 2. The van der Waals surface area contributed by atoms with E-state index >= 15 is 0 Å². The number of anilines is 2. The van der Waals surface area contributed by atoms with Gasteiger partial charge < -0.3 is 41.3 Å². The van der Waals surface area contributed by atoms with Crippen molar-refractivity contribution >= 4 is 80.6 Å². The summed E-state index contributed by atoms with van der Waals surface area (Å²) in [6.45, 7) is 7.99. The van der Waals surface area contributed by atoms with E-state index in [1.54, 1.807) is 135 Å². The van der Waals surface area contributed by atoms with Crippen molar-refractivity contribution in [3.05, 3.63) is 189 Å². The minimum atomic E-state index is -4.71. The number of rotatable bonds is 34. The van der Waals surface area contributed by atoms with Gasteiger partial charge in [0.1, 0.15) is 18.9 Å². The molecule has 6 N–H and O–H groups in total. The smallest absolute Gasteiger partial charge is 0.408 e. The number of carboxylic acid groups (broad SMARTS) is 2. The van der Waals surface area contributed by atoms with E-state index in [4.69, 9.17) is 10.2 Å². The Kier molecular flexibility index (Phi) is 33.9. The first-order valence-corrected chi connectivity index (χ1v) is 39.1. The van der Waals surface area contributed by atoms with Gasteiger partial charge in [0, 0.05) is 142 Å². The number of alkyl halides is 6. The first-order valence-electron chi connectivity index (χ1n) is 39.1. The Bertz CT molecular complexity index is 5050. The summed E-state index contributed by atoms with van der Waals surface area (Å²) in [6, 6.07) is 29.4. The van der Waals surface area contributed by atoms with E-state index in [-0.39, 0.29) is 105 Å². The monoisotopic (exact) mass is 1650 g/mol. The Labute approximate surface area is 682 Å². The maximum absolute atomic E-state index is 13.7. The van der Waals surface area contributed by atoms with Crippen LogP contribution in [0.15, 0.2) is 156 Å². The molecule has 0 spiro atoms. The topological polar surface area (TPSA) is 363 Å². The Morgan fingerprint density at radius 2 is 0.916 bits per heavy atom. The number of urea groups is 2. The molecular weight excluding hydrogens is 1550 g/mol. The second kappa shape index (κ2) is 44.0. The van der Waals surface area contributed by atoms with Gasteiger partial charge >= 0.3 is 36.4 Å². The fourth-order valence-electron chi connectivity index (χ4n) is 13.2. The van der Waals surface area contributed by atoms with Crippen LogP contribution in [0.4, 0.5) is 47.3 Å². The molecule has 10 aromatic rings. The third kappa shape index (κ3) is 26.9. The lowest BCUT2D eigenvalue weighted by Gasteiger charge is -2.17. The van der Waals surface area contributed by atoms with Crippen molar-refractivity contribution in [2.24, 2.45) is 0 Å². The van der Waals surface area contributed by atoms with Crippen LogP contribution in [0, 0.1) is 0 Å². The van der Waals surface area contributed by atoms with Crippen molar-refractivity contribution in [1.82, 2.24) is 69.5 Å². The molecule has 2 aliphatic rings. The fraction of sp³-hybridized carbons (Fsp3) is 0.388. The van der Waals surface area contributed by atoms with E-state index in [0.717, 1.165) is 73.6 Å². The quantitative estimate of drug-likeness (QED) is 0.0161. The predicted octanol–water partition coefficient (Wildman–Crippen LogP) is 15.3. The number of aryl methyl sites for hydroxylation is 2. The average Bonchev–Trinajstić information content (AvgIpc) is 1.71. The standard InChI is InChI=1S/2C40H41F3N8O6.2C2H6.CH4/c41-40(42,43)25-51-38(56)32(20-35(48-51)26-8-10-29(11-9-26)46-39(57)49-22-27-16-18-44-21-28(27)23-49)31-6-5-7-34-33(31)24-50(47-34)19-4-2-1-3-17-45-36(53)14-12-30(52)13-15-37(54)55;41-40(42,43)25-51-38(56)32(19-34(48-51)26-10-12-29(13-11-26)47-39(57)49-23-27-16-17-44-20-28(27)24-49)31-8-6-9-35-33(31)22-46-50(35)18-5-3-1-2-4-7-30(52)21-45-36(53)14-15-37(54)55;2*1-2;/h5-11,16,18,20-21,24H,1-4,12-15,17,19,22-23,25H2,(H,45,53)(H,46,57)(H,54,55);6,8-13,16-17,19-20,22H,1-5,7,14-15,18,21,23-25H2,(H,45,53)(H,47,57)(H,54,55);2*1-2H3;1H4. The molecular formula is C85H98F6N16O12. The predicted molar refractivity (Wildman–Crippen MR) is 437 cm³/mol. The lowest BCUT2D eigenvalue weighted by Crippen LogP contribution is -2.31. The normalized spacial score (nSPS) is 12.0. The van der Waals surface area contributed by atoms with E-state index in [1.165, 1.54) is 12.1 Å². The Balaban J connectivity index is 0.000000282. The highest BCUT2D eigenvalue weighted by molar-refractivity contribution is 5.97. The summed E-state index contributed by atoms with van der Waals surface area (Å²) in [5.41, 5.74) is 6.44. The number of amides is 6. The van der Waals surface area contributed by atoms with Gasteiger partial charge in [-0.05, 0) is 120 Å². The minimum Gasteiger partial charge on any atom is -0.481 e. The number of hydrogen-bond donors (Lipinski definition) is 6. The van der Waals surface area contributed by atoms with Crippen LogP contribution in [0.5, 0.6) is 0 Å². The molecule has 632 valence electrons. The van der Waals surface area contributed by atoms with Crippen LogP contribution < -0.4 is 32.4 Å². The molecule has 0 aliphatic carbocycles. The van der Waals surface area contributed by atoms with Gasteiger partial charge in [0.2, 0.25) is 11.8 Å². The number of aromatic nitrogens is 10. The Morgan fingerprint density at radius 1 is 0.454 bits per heavy atom. The number of carboxylic acids is 2. The van der Waals surface area contributed by atoms with E-state index in [2.05, 4.69) is 51.6 Å². The highest BCUT2D eigenvalue weighted by Gasteiger charge is 2.33. The third-order valence-electron chi connectivity index (χ3n) is 19.1. The molecule has 0 bridgehead atoms. The van der Waals surface area contributed by atoms with Gasteiger partial charge in [-0.1, -0.05) is 116 Å². The number of nitrogens with one attached hydrogen (secondary N) is 4. The van der Waals surface area contributed by atoms with Crippen LogP contribution in [-0.4, -0.2) is 142 Å². The van der Waals surface area contributed by atoms with Gasteiger partial charge in [-0.15, -0.1) is 0 Å². The van der Waals surface area contributed by atoms with Crippen molar-refractivity contribution in [2.45, 2.75) is 203 Å². The van der Waals surface area contributed by atoms with Crippen LogP contribution in [0.3, 0.4) is 0 Å². The van der Waals surface area contributed by atoms with Gasteiger partial charge in [-0.25, -0.2) is 19.0 Å². The van der Waals surface area contributed by atoms with Crippen molar-refractivity contribution in [3.8, 4) is 44.8 Å². The summed E-state index contributed by atoms with van der Waals surface area (Å²) in [5, 5.41) is 46.7. The number of unbranched alkanes of at least 4 members (excludes halogenated alkanes) is 7. The van der Waals surface area contributed by atoms with E-state index in [1.807, 2.05) is 45.9 Å². The molecule has 2 aliphatic heterocycles. The summed E-state index contributed by atoms with van der Waals surface area (Å²) >= 11 is 0. The minimum absolute atomic E-state index is 0. The zero-order valence-corrected chi connectivity index (χ0v) is 65.9. The molecule has 12 rings (SSSR count). The fourth-order valence-corrected chi connectivity index (χ4v) is 13.2. The SMILES string of the molecule is C.CC.CC.O=C(O)CCC(=O)CCC(=O)NCCCCCCn1cc2c(-c3cc(-c4ccc(NC(=O)N5Cc6ccncc6C5)cc4)nn(CC(F)(F)F)c3=O)cccc2n1.O=C(O)CCC(=O)NCC(=O)CCCCCCCn1ncc2c(-c3cc(-c4ccc(NC(=O)N5Cc6ccncc6C5)cc4)nn(CC(F)(F)F)c3=O)cccc21. The molecule has 0 atom stereocenters. The number of pyridine rings is 2. The number of benzene rings is 4. The lowest BCUT2D eigenvalue weighted by atomic mass is 10.0. The second-order valence-electron chi connectivity index (χ2n) is 27.7. The first kappa shape index (κ1) is 91.7. The van der Waals surface area contributed by atoms with Crippen molar-refractivity contribution in [2.75, 3.05) is 23.7 Å². The second-order valence-corrected chi connectivity index (χ2v) is 27.7. The number of halogens is 6. The first-order chi connectivity index (χ1) is 56.7. The maximum Gasteiger partial charge on any atom is 0.408 e. The molecule has 8 heterocycles. The molecule has 0 saturated heterocycles. The van der Waals surface area contributed by atoms with Crippen molar-refractivity contribution in [3.63, 3.8) is 0 Å². The summed E-state index contributed by atoms with van der Waals surface area (Å²) in [6.07, 6.45) is 7.38. The zero-order valence-electron chi connectivity index (χ0n) is 65.9. The number of carbonyl (C=O) groups excluding carboxylic acids is 6. The molecule has 4 aromatic carbocycles. The molecule has 28 nitrogen and oxygen atoms in total. The van der Waals surface area contributed by atoms with Crippen molar-refractivity contribution < 1.29 is 74.9 Å². The molecule has 6 amide bonds. The van der Waals surface area contributed by atoms with Crippen LogP contribution in [0.2, 0.25) is 0 Å². The van der Waals surface area contributed by atoms with Gasteiger partial charge in [0.05, 0.1) is 59.1 Å². The van der Waals surface area contributed by atoms with E-state index < -0.39 is 54.4 Å². The van der Waals surface area contributed by atoms with E-state index in [9.17, 15) is 74.3 Å². The van der Waals surface area contributed by atoms with Crippen LogP contribution in [0.25, 0.3) is 66.6 Å². The van der Waals surface area contributed by atoms with Crippen LogP contribution in [0.1, 0.15) is 160 Å². The van der Waals surface area contributed by atoms with Crippen LogP contribution in [-0.2, 0) is 81.1 Å². The highest BCUT2D eigenvalue weighted by atomic mass is 19.4. The average molecular weight is 1650 g/mol. The molecule has 0 saturated carbocycles. The lowest BCUT2D eigenvalue weighted by molar-refractivity contribution is -0.144.